The summed E-state index contributed by atoms with van der Waals surface area (Å²) in [4.78, 5) is 10.5. The van der Waals surface area contributed by atoms with Gasteiger partial charge in [-0.2, -0.15) is 0 Å². The Bertz CT molecular complexity index is 1120. The van der Waals surface area contributed by atoms with Crippen molar-refractivity contribution < 1.29 is 9.66 Å². The Morgan fingerprint density at radius 1 is 1.03 bits per heavy atom. The first kappa shape index (κ1) is 25.6. The summed E-state index contributed by atoms with van der Waals surface area (Å²) in [6, 6.07) is 25.0. The maximum absolute atomic E-state index is 10.9. The molecule has 0 fully saturated rings. The van der Waals surface area contributed by atoms with Gasteiger partial charge in [0.1, 0.15) is 5.75 Å². The highest BCUT2D eigenvalue weighted by Gasteiger charge is 2.30. The SMILES string of the molecule is COc1ccccc1P(C[C@@H](NC(=S)Nc1ccc([N+](=O)[O-])cc1)C(C)(C)C)c1ccccc1. The molecular formula is C26H30N3O3PS. The van der Waals surface area contributed by atoms with Crippen LogP contribution in [0.15, 0.2) is 78.9 Å². The van der Waals surface area contributed by atoms with Crippen molar-refractivity contribution in [3.63, 3.8) is 0 Å². The minimum absolute atomic E-state index is 0.0438. The van der Waals surface area contributed by atoms with Gasteiger partial charge in [0.25, 0.3) is 5.69 Å². The molecule has 0 aliphatic carbocycles. The third-order valence-corrected chi connectivity index (χ3v) is 8.32. The quantitative estimate of drug-likeness (QED) is 0.188. The molecule has 6 nitrogen and oxygen atoms in total. The van der Waals surface area contributed by atoms with Gasteiger partial charge in [-0.05, 0) is 55.2 Å². The Morgan fingerprint density at radius 2 is 1.65 bits per heavy atom. The Hall–Kier alpha value is -3.02. The molecule has 0 aromatic heterocycles. The van der Waals surface area contributed by atoms with Crippen molar-refractivity contribution in [3.8, 4) is 5.75 Å². The minimum atomic E-state index is -0.733. The van der Waals surface area contributed by atoms with E-state index < -0.39 is 12.8 Å². The molecule has 0 radical (unpaired) electrons. The topological polar surface area (TPSA) is 76.4 Å². The zero-order valence-corrected chi connectivity index (χ0v) is 21.5. The summed E-state index contributed by atoms with van der Waals surface area (Å²) < 4.78 is 5.71. The summed E-state index contributed by atoms with van der Waals surface area (Å²) in [5.41, 5.74) is 0.659. The summed E-state index contributed by atoms with van der Waals surface area (Å²) in [6.45, 7) is 6.58. The number of thiocarbonyl (C=S) groups is 1. The monoisotopic (exact) mass is 495 g/mol. The van der Waals surface area contributed by atoms with Crippen molar-refractivity contribution in [1.29, 1.82) is 0 Å². The summed E-state index contributed by atoms with van der Waals surface area (Å²) in [5.74, 6) is 0.886. The predicted molar refractivity (Wildman–Crippen MR) is 146 cm³/mol. The van der Waals surface area contributed by atoms with Crippen LogP contribution in [0.5, 0.6) is 5.75 Å². The van der Waals surface area contributed by atoms with Crippen molar-refractivity contribution in [2.75, 3.05) is 18.6 Å². The van der Waals surface area contributed by atoms with Crippen LogP contribution in [0.3, 0.4) is 0 Å². The van der Waals surface area contributed by atoms with E-state index >= 15 is 0 Å². The molecule has 34 heavy (non-hydrogen) atoms. The largest absolute Gasteiger partial charge is 0.496 e. The number of ether oxygens (including phenoxy) is 1. The van der Waals surface area contributed by atoms with Crippen LogP contribution in [0.4, 0.5) is 11.4 Å². The van der Waals surface area contributed by atoms with Gasteiger partial charge < -0.3 is 15.4 Å². The summed E-state index contributed by atoms with van der Waals surface area (Å²) in [7, 11) is 0.976. The van der Waals surface area contributed by atoms with Crippen molar-refractivity contribution in [2.24, 2.45) is 5.41 Å². The Kier molecular flexibility index (Phi) is 8.59. The van der Waals surface area contributed by atoms with Gasteiger partial charge >= 0.3 is 0 Å². The van der Waals surface area contributed by atoms with Crippen molar-refractivity contribution >= 4 is 47.2 Å². The van der Waals surface area contributed by atoms with Gasteiger partial charge in [-0.1, -0.05) is 69.3 Å². The van der Waals surface area contributed by atoms with Crippen LogP contribution in [0.2, 0.25) is 0 Å². The normalized spacial score (nSPS) is 12.9. The molecule has 1 unspecified atom stereocenters. The van der Waals surface area contributed by atoms with E-state index in [1.54, 1.807) is 19.2 Å². The van der Waals surface area contributed by atoms with E-state index in [2.05, 4.69) is 67.8 Å². The average Bonchev–Trinajstić information content (AvgIpc) is 2.82. The highest BCUT2D eigenvalue weighted by molar-refractivity contribution is 7.80. The van der Waals surface area contributed by atoms with Crippen LogP contribution in [0.25, 0.3) is 0 Å². The van der Waals surface area contributed by atoms with Gasteiger partial charge in [0.05, 0.1) is 12.0 Å². The number of nitrogens with zero attached hydrogens (tertiary/aromatic N) is 1. The molecule has 0 amide bonds. The van der Waals surface area contributed by atoms with Crippen molar-refractivity contribution in [2.45, 2.75) is 26.8 Å². The van der Waals surface area contributed by atoms with Crippen molar-refractivity contribution in [1.82, 2.24) is 5.32 Å². The maximum Gasteiger partial charge on any atom is 0.269 e. The summed E-state index contributed by atoms with van der Waals surface area (Å²) >= 11 is 5.63. The number of anilines is 1. The lowest BCUT2D eigenvalue weighted by Gasteiger charge is -2.36. The van der Waals surface area contributed by atoms with Gasteiger partial charge in [-0.3, -0.25) is 10.1 Å². The van der Waals surface area contributed by atoms with Gasteiger partial charge in [-0.15, -0.1) is 0 Å². The van der Waals surface area contributed by atoms with E-state index in [1.165, 1.54) is 22.7 Å². The maximum atomic E-state index is 10.9. The third kappa shape index (κ3) is 6.75. The molecule has 2 atom stereocenters. The summed E-state index contributed by atoms with van der Waals surface area (Å²) in [5, 5.41) is 20.5. The fourth-order valence-electron chi connectivity index (χ4n) is 3.51. The molecule has 0 aliphatic heterocycles. The zero-order chi connectivity index (χ0) is 24.7. The van der Waals surface area contributed by atoms with Crippen LogP contribution in [-0.2, 0) is 0 Å². The lowest BCUT2D eigenvalue weighted by molar-refractivity contribution is -0.384. The van der Waals surface area contributed by atoms with E-state index in [1.807, 2.05) is 18.2 Å². The highest BCUT2D eigenvalue weighted by Crippen LogP contribution is 2.40. The third-order valence-electron chi connectivity index (χ3n) is 5.50. The Morgan fingerprint density at radius 3 is 2.24 bits per heavy atom. The molecule has 3 aromatic carbocycles. The number of para-hydroxylation sites is 1. The number of non-ortho nitro benzene ring substituents is 1. The minimum Gasteiger partial charge on any atom is -0.496 e. The molecular weight excluding hydrogens is 465 g/mol. The van der Waals surface area contributed by atoms with Gasteiger partial charge in [0.15, 0.2) is 5.11 Å². The summed E-state index contributed by atoms with van der Waals surface area (Å²) in [6.07, 6.45) is 0.852. The molecule has 2 N–H and O–H groups in total. The van der Waals surface area contributed by atoms with E-state index in [9.17, 15) is 10.1 Å². The number of benzene rings is 3. The van der Waals surface area contributed by atoms with E-state index in [4.69, 9.17) is 17.0 Å². The predicted octanol–water partition coefficient (Wildman–Crippen LogP) is 5.44. The smallest absolute Gasteiger partial charge is 0.269 e. The van der Waals surface area contributed by atoms with Crippen LogP contribution in [-0.4, -0.2) is 29.3 Å². The molecule has 0 saturated heterocycles. The van der Waals surface area contributed by atoms with Crippen LogP contribution >= 0.6 is 20.1 Å². The first-order valence-corrected chi connectivity index (χ1v) is 12.9. The molecule has 0 saturated carbocycles. The molecule has 0 heterocycles. The van der Waals surface area contributed by atoms with E-state index in [0.717, 1.165) is 11.9 Å². The number of nitro benzene ring substituents is 1. The molecule has 0 spiro atoms. The fraction of sp³-hybridized carbons (Fsp3) is 0.269. The van der Waals surface area contributed by atoms with Gasteiger partial charge in [-0.25, -0.2) is 0 Å². The number of nitrogens with one attached hydrogen (secondary N) is 2. The number of rotatable bonds is 8. The number of nitro groups is 1. The molecule has 0 bridgehead atoms. The van der Waals surface area contributed by atoms with Gasteiger partial charge in [0.2, 0.25) is 0 Å². The number of hydrogen-bond donors (Lipinski definition) is 2. The first-order chi connectivity index (χ1) is 16.2. The van der Waals surface area contributed by atoms with Crippen LogP contribution < -0.4 is 26.0 Å². The molecule has 3 rings (SSSR count). The Labute approximate surface area is 207 Å². The second kappa shape index (κ2) is 11.4. The van der Waals surface area contributed by atoms with Crippen molar-refractivity contribution in [3.05, 3.63) is 89.0 Å². The fourth-order valence-corrected chi connectivity index (χ4v) is 6.69. The first-order valence-electron chi connectivity index (χ1n) is 11.0. The van der Waals surface area contributed by atoms with Gasteiger partial charge in [0, 0.05) is 29.2 Å². The molecule has 3 aromatic rings. The number of hydrogen-bond acceptors (Lipinski definition) is 4. The lowest BCUT2D eigenvalue weighted by atomic mass is 9.88. The van der Waals surface area contributed by atoms with Crippen LogP contribution in [0.1, 0.15) is 20.8 Å². The average molecular weight is 496 g/mol. The molecule has 0 aliphatic rings. The van der Waals surface area contributed by atoms with E-state index in [0.29, 0.717) is 10.8 Å². The van der Waals surface area contributed by atoms with Crippen LogP contribution in [0, 0.1) is 15.5 Å². The standard InChI is InChI=1S/C26H30N3O3PS/c1-26(2,3)24(28-25(34)27-19-14-16-20(17-15-19)29(30)31)18-33(21-10-6-5-7-11-21)23-13-9-8-12-22(23)32-4/h5-17,24H,18H2,1-4H3,(H2,27,28,34)/t24-,33?/m1/s1. The number of methoxy groups -OCH3 is 1. The lowest BCUT2D eigenvalue weighted by Crippen LogP contribution is -2.48. The molecule has 8 heteroatoms. The van der Waals surface area contributed by atoms with E-state index in [-0.39, 0.29) is 17.1 Å². The Balaban J connectivity index is 1.85. The second-order valence-corrected chi connectivity index (χ2v) is 11.6. The zero-order valence-electron chi connectivity index (χ0n) is 19.8. The highest BCUT2D eigenvalue weighted by atomic mass is 32.1. The molecule has 178 valence electrons. The second-order valence-electron chi connectivity index (χ2n) is 8.94.